The third kappa shape index (κ3) is 3.42. The van der Waals surface area contributed by atoms with Crippen molar-refractivity contribution in [3.05, 3.63) is 15.9 Å². The molecule has 1 saturated carbocycles. The Morgan fingerprint density at radius 2 is 2.28 bits per heavy atom. The average molecular weight is 314 g/mol. The Morgan fingerprint density at radius 3 is 2.89 bits per heavy atom. The smallest absolute Gasteiger partial charge is 0.140 e. The van der Waals surface area contributed by atoms with E-state index in [2.05, 4.69) is 26.3 Å². The lowest BCUT2D eigenvalue weighted by atomic mass is 10.1. The average Bonchev–Trinajstić information content (AvgIpc) is 3.12. The number of ketones is 1. The van der Waals surface area contributed by atoms with Gasteiger partial charge in [-0.3, -0.25) is 9.48 Å². The molecule has 0 bridgehead atoms. The van der Waals surface area contributed by atoms with E-state index in [1.54, 1.807) is 0 Å². The third-order valence-corrected chi connectivity index (χ3v) is 4.26. The van der Waals surface area contributed by atoms with Crippen LogP contribution in [-0.2, 0) is 17.8 Å². The van der Waals surface area contributed by atoms with Gasteiger partial charge in [0.25, 0.3) is 0 Å². The monoisotopic (exact) mass is 313 g/mol. The van der Waals surface area contributed by atoms with Gasteiger partial charge in [0.15, 0.2) is 0 Å². The molecule has 1 fully saturated rings. The Hall–Kier alpha value is -0.680. The van der Waals surface area contributed by atoms with E-state index in [-0.39, 0.29) is 5.78 Å². The molecule has 0 unspecified atom stereocenters. The molecule has 1 N–H and O–H groups in total. The molecular formula is C13H20BrN3O. The highest BCUT2D eigenvalue weighted by Gasteiger charge is 2.20. The van der Waals surface area contributed by atoms with Gasteiger partial charge >= 0.3 is 0 Å². The molecule has 18 heavy (non-hydrogen) atoms. The van der Waals surface area contributed by atoms with Gasteiger partial charge in [0.05, 0.1) is 15.9 Å². The van der Waals surface area contributed by atoms with Crippen LogP contribution >= 0.6 is 15.9 Å². The van der Waals surface area contributed by atoms with Crippen LogP contribution in [-0.4, -0.2) is 28.2 Å². The van der Waals surface area contributed by atoms with Crippen molar-refractivity contribution in [1.29, 1.82) is 0 Å². The van der Waals surface area contributed by atoms with Gasteiger partial charge in [0.1, 0.15) is 5.78 Å². The van der Waals surface area contributed by atoms with Crippen molar-refractivity contribution < 1.29 is 4.79 Å². The van der Waals surface area contributed by atoms with Crippen molar-refractivity contribution in [3.63, 3.8) is 0 Å². The van der Waals surface area contributed by atoms with E-state index in [0.29, 0.717) is 18.9 Å². The standard InChI is InChI=1S/C13H20BrN3O/c1-3-17-12(13(14)9(2)16-17)8-11(18)6-7-15-10-4-5-10/h10,15H,3-8H2,1-2H3. The van der Waals surface area contributed by atoms with E-state index >= 15 is 0 Å². The summed E-state index contributed by atoms with van der Waals surface area (Å²) in [6.07, 6.45) is 3.61. The van der Waals surface area contributed by atoms with Crippen LogP contribution < -0.4 is 5.32 Å². The molecule has 0 aliphatic heterocycles. The van der Waals surface area contributed by atoms with Gasteiger partial charge in [0, 0.05) is 32.0 Å². The molecule has 0 radical (unpaired) electrons. The Labute approximate surface area is 116 Å². The molecular weight excluding hydrogens is 294 g/mol. The van der Waals surface area contributed by atoms with Gasteiger partial charge in [-0.25, -0.2) is 0 Å². The normalized spacial score (nSPS) is 15.1. The van der Waals surface area contributed by atoms with Crippen molar-refractivity contribution >= 4 is 21.7 Å². The number of carbonyl (C=O) groups excluding carboxylic acids is 1. The molecule has 0 saturated heterocycles. The van der Waals surface area contributed by atoms with Crippen LogP contribution in [0.15, 0.2) is 4.47 Å². The van der Waals surface area contributed by atoms with Crippen LogP contribution in [0, 0.1) is 6.92 Å². The number of rotatable bonds is 7. The van der Waals surface area contributed by atoms with Gasteiger partial charge < -0.3 is 5.32 Å². The molecule has 5 heteroatoms. The molecule has 0 spiro atoms. The van der Waals surface area contributed by atoms with Gasteiger partial charge in [-0.05, 0) is 42.6 Å². The maximum absolute atomic E-state index is 11.9. The van der Waals surface area contributed by atoms with Crippen molar-refractivity contribution in [2.45, 2.75) is 52.1 Å². The number of aryl methyl sites for hydroxylation is 2. The highest BCUT2D eigenvalue weighted by molar-refractivity contribution is 9.10. The Bertz CT molecular complexity index is 438. The molecule has 1 aromatic heterocycles. The van der Waals surface area contributed by atoms with E-state index in [1.807, 2.05) is 18.5 Å². The maximum atomic E-state index is 11.9. The predicted molar refractivity (Wildman–Crippen MR) is 74.7 cm³/mol. The van der Waals surface area contributed by atoms with Crippen molar-refractivity contribution in [1.82, 2.24) is 15.1 Å². The van der Waals surface area contributed by atoms with E-state index in [9.17, 15) is 4.79 Å². The summed E-state index contributed by atoms with van der Waals surface area (Å²) in [5.41, 5.74) is 1.96. The second-order valence-electron chi connectivity index (χ2n) is 4.86. The number of halogens is 1. The predicted octanol–water partition coefficient (Wildman–Crippen LogP) is 2.23. The molecule has 4 nitrogen and oxygen atoms in total. The van der Waals surface area contributed by atoms with E-state index in [1.165, 1.54) is 12.8 Å². The third-order valence-electron chi connectivity index (χ3n) is 3.23. The lowest BCUT2D eigenvalue weighted by molar-refractivity contribution is -0.118. The quantitative estimate of drug-likeness (QED) is 0.839. The minimum atomic E-state index is 0.276. The number of nitrogens with zero attached hydrogens (tertiary/aromatic N) is 2. The van der Waals surface area contributed by atoms with Crippen LogP contribution in [0.5, 0.6) is 0 Å². The van der Waals surface area contributed by atoms with Crippen LogP contribution in [0.4, 0.5) is 0 Å². The number of nitrogens with one attached hydrogen (secondary N) is 1. The summed E-state index contributed by atoms with van der Waals surface area (Å²) < 4.78 is 2.89. The Balaban J connectivity index is 1.88. The topological polar surface area (TPSA) is 46.9 Å². The lowest BCUT2D eigenvalue weighted by Crippen LogP contribution is -2.21. The first-order chi connectivity index (χ1) is 8.61. The zero-order valence-electron chi connectivity index (χ0n) is 11.0. The fraction of sp³-hybridized carbons (Fsp3) is 0.692. The summed E-state index contributed by atoms with van der Waals surface area (Å²) in [6, 6.07) is 0.674. The first-order valence-corrected chi connectivity index (χ1v) is 7.38. The van der Waals surface area contributed by atoms with E-state index in [4.69, 9.17) is 0 Å². The summed E-state index contributed by atoms with van der Waals surface area (Å²) in [5, 5.41) is 7.77. The fourth-order valence-electron chi connectivity index (χ4n) is 2.02. The van der Waals surface area contributed by atoms with Gasteiger partial charge in [-0.15, -0.1) is 0 Å². The number of aromatic nitrogens is 2. The number of Topliss-reactive ketones (excluding diaryl/α,β-unsaturated/α-hetero) is 1. The Morgan fingerprint density at radius 1 is 1.56 bits per heavy atom. The molecule has 0 atom stereocenters. The zero-order chi connectivity index (χ0) is 13.1. The van der Waals surface area contributed by atoms with Crippen LogP contribution in [0.25, 0.3) is 0 Å². The van der Waals surface area contributed by atoms with Crippen LogP contribution in [0.3, 0.4) is 0 Å². The first kappa shape index (κ1) is 13.7. The minimum absolute atomic E-state index is 0.276. The van der Waals surface area contributed by atoms with Gasteiger partial charge in [-0.1, -0.05) is 0 Å². The molecule has 1 heterocycles. The lowest BCUT2D eigenvalue weighted by Gasteiger charge is -2.05. The summed E-state index contributed by atoms with van der Waals surface area (Å²) in [4.78, 5) is 11.9. The summed E-state index contributed by atoms with van der Waals surface area (Å²) in [7, 11) is 0. The molecule has 0 aromatic carbocycles. The number of hydrogen-bond acceptors (Lipinski definition) is 3. The fourth-order valence-corrected chi connectivity index (χ4v) is 2.44. The minimum Gasteiger partial charge on any atom is -0.314 e. The number of carbonyl (C=O) groups is 1. The molecule has 100 valence electrons. The molecule has 2 rings (SSSR count). The van der Waals surface area contributed by atoms with E-state index in [0.717, 1.165) is 29.0 Å². The van der Waals surface area contributed by atoms with Crippen molar-refractivity contribution in [3.8, 4) is 0 Å². The first-order valence-electron chi connectivity index (χ1n) is 6.58. The van der Waals surface area contributed by atoms with Gasteiger partial charge in [0.2, 0.25) is 0 Å². The largest absolute Gasteiger partial charge is 0.314 e. The van der Waals surface area contributed by atoms with Gasteiger partial charge in [-0.2, -0.15) is 5.10 Å². The molecule has 1 aromatic rings. The summed E-state index contributed by atoms with van der Waals surface area (Å²) in [5.74, 6) is 0.276. The Kier molecular flexibility index (Phi) is 4.56. The van der Waals surface area contributed by atoms with Crippen molar-refractivity contribution in [2.24, 2.45) is 0 Å². The molecule has 1 aliphatic carbocycles. The summed E-state index contributed by atoms with van der Waals surface area (Å²) in [6.45, 7) is 5.61. The van der Waals surface area contributed by atoms with Crippen LogP contribution in [0.2, 0.25) is 0 Å². The van der Waals surface area contributed by atoms with Crippen molar-refractivity contribution in [2.75, 3.05) is 6.54 Å². The second kappa shape index (κ2) is 5.97. The van der Waals surface area contributed by atoms with E-state index < -0.39 is 0 Å². The maximum Gasteiger partial charge on any atom is 0.140 e. The second-order valence-corrected chi connectivity index (χ2v) is 5.65. The SMILES string of the molecule is CCn1nc(C)c(Br)c1CC(=O)CCNC1CC1. The molecule has 0 amide bonds. The summed E-state index contributed by atoms with van der Waals surface area (Å²) >= 11 is 3.52. The van der Waals surface area contributed by atoms with Crippen LogP contribution in [0.1, 0.15) is 37.6 Å². The number of hydrogen-bond donors (Lipinski definition) is 1. The zero-order valence-corrected chi connectivity index (χ0v) is 12.6. The highest BCUT2D eigenvalue weighted by Crippen LogP contribution is 2.22. The molecule has 1 aliphatic rings. The highest BCUT2D eigenvalue weighted by atomic mass is 79.9.